The van der Waals surface area contributed by atoms with Crippen molar-refractivity contribution in [2.24, 2.45) is 0 Å². The quantitative estimate of drug-likeness (QED) is 0.727. The lowest BCUT2D eigenvalue weighted by molar-refractivity contribution is 0.0566. The Labute approximate surface area is 142 Å². The molecule has 2 N–H and O–H groups in total. The van der Waals surface area contributed by atoms with Gasteiger partial charge in [0, 0.05) is 18.7 Å². The van der Waals surface area contributed by atoms with Crippen molar-refractivity contribution in [1.82, 2.24) is 10.3 Å². The number of aromatic nitrogens is 1. The standard InChI is InChI=1S/C20H22N2O2/c1-15-8-10-16(11-9-15)19-22-18(13-24-19)12-21-14-20(2,23)17-6-4-3-5-7-17/h3-11,13,21,23H,12,14H2,1-2H3. The number of nitrogens with one attached hydrogen (secondary N) is 1. The van der Waals surface area contributed by atoms with Gasteiger partial charge in [-0.2, -0.15) is 0 Å². The zero-order valence-electron chi connectivity index (χ0n) is 14.0. The van der Waals surface area contributed by atoms with Gasteiger partial charge < -0.3 is 14.8 Å². The van der Waals surface area contributed by atoms with Crippen LogP contribution in [-0.2, 0) is 12.1 Å². The Balaban J connectivity index is 1.59. The molecule has 1 aromatic heterocycles. The molecule has 4 heteroatoms. The summed E-state index contributed by atoms with van der Waals surface area (Å²) in [6.07, 6.45) is 1.65. The van der Waals surface area contributed by atoms with Crippen LogP contribution < -0.4 is 5.32 Å². The fourth-order valence-electron chi connectivity index (χ4n) is 2.55. The molecule has 0 aliphatic rings. The summed E-state index contributed by atoms with van der Waals surface area (Å²) >= 11 is 0. The molecule has 2 aromatic carbocycles. The van der Waals surface area contributed by atoms with Crippen molar-refractivity contribution in [3.63, 3.8) is 0 Å². The summed E-state index contributed by atoms with van der Waals surface area (Å²) in [5.74, 6) is 0.613. The smallest absolute Gasteiger partial charge is 0.226 e. The van der Waals surface area contributed by atoms with Gasteiger partial charge in [0.25, 0.3) is 0 Å². The van der Waals surface area contributed by atoms with Crippen molar-refractivity contribution in [2.75, 3.05) is 6.54 Å². The number of hydrogen-bond acceptors (Lipinski definition) is 4. The fraction of sp³-hybridized carbons (Fsp3) is 0.250. The summed E-state index contributed by atoms with van der Waals surface area (Å²) < 4.78 is 5.54. The van der Waals surface area contributed by atoms with E-state index in [1.807, 2.05) is 61.5 Å². The topological polar surface area (TPSA) is 58.3 Å². The number of benzene rings is 2. The number of oxazole rings is 1. The molecule has 0 aliphatic carbocycles. The van der Waals surface area contributed by atoms with Crippen LogP contribution in [-0.4, -0.2) is 16.6 Å². The Morgan fingerprint density at radius 3 is 2.50 bits per heavy atom. The van der Waals surface area contributed by atoms with E-state index in [1.54, 1.807) is 13.2 Å². The molecule has 0 amide bonds. The maximum Gasteiger partial charge on any atom is 0.226 e. The fourth-order valence-corrected chi connectivity index (χ4v) is 2.55. The Kier molecular flexibility index (Phi) is 4.79. The van der Waals surface area contributed by atoms with Crippen LogP contribution in [0.25, 0.3) is 11.5 Å². The second-order valence-corrected chi connectivity index (χ2v) is 6.25. The maximum atomic E-state index is 10.6. The Hall–Kier alpha value is -2.43. The number of aliphatic hydroxyl groups is 1. The van der Waals surface area contributed by atoms with Crippen molar-refractivity contribution in [3.05, 3.63) is 77.7 Å². The number of rotatable bonds is 6. The molecule has 0 saturated carbocycles. The van der Waals surface area contributed by atoms with Crippen LogP contribution in [0.15, 0.2) is 65.3 Å². The maximum absolute atomic E-state index is 10.6. The van der Waals surface area contributed by atoms with Crippen LogP contribution in [0.2, 0.25) is 0 Å². The first-order chi connectivity index (χ1) is 11.5. The van der Waals surface area contributed by atoms with Gasteiger partial charge in [0.1, 0.15) is 6.26 Å². The second-order valence-electron chi connectivity index (χ2n) is 6.25. The molecule has 0 aliphatic heterocycles. The SMILES string of the molecule is Cc1ccc(-c2nc(CNCC(C)(O)c3ccccc3)co2)cc1. The van der Waals surface area contributed by atoms with Crippen LogP contribution in [0, 0.1) is 6.92 Å². The predicted molar refractivity (Wildman–Crippen MR) is 94.4 cm³/mol. The minimum atomic E-state index is -0.926. The molecule has 3 aromatic rings. The predicted octanol–water partition coefficient (Wildman–Crippen LogP) is 3.65. The van der Waals surface area contributed by atoms with Gasteiger partial charge in [-0.25, -0.2) is 4.98 Å². The van der Waals surface area contributed by atoms with E-state index in [4.69, 9.17) is 4.42 Å². The van der Waals surface area contributed by atoms with E-state index >= 15 is 0 Å². The third-order valence-electron chi connectivity index (χ3n) is 4.02. The first-order valence-corrected chi connectivity index (χ1v) is 8.05. The van der Waals surface area contributed by atoms with Crippen LogP contribution in [0.3, 0.4) is 0 Å². The van der Waals surface area contributed by atoms with Gasteiger partial charge in [0.2, 0.25) is 5.89 Å². The Bertz CT molecular complexity index is 777. The molecule has 0 spiro atoms. The summed E-state index contributed by atoms with van der Waals surface area (Å²) in [7, 11) is 0. The normalized spacial score (nSPS) is 13.6. The molecule has 3 rings (SSSR count). The molecule has 1 unspecified atom stereocenters. The third kappa shape index (κ3) is 3.91. The van der Waals surface area contributed by atoms with E-state index in [9.17, 15) is 5.11 Å². The molecule has 0 saturated heterocycles. The van der Waals surface area contributed by atoms with Gasteiger partial charge in [0.05, 0.1) is 11.3 Å². The zero-order chi connectivity index (χ0) is 17.0. The number of aryl methyl sites for hydroxylation is 1. The van der Waals surface area contributed by atoms with E-state index < -0.39 is 5.60 Å². The van der Waals surface area contributed by atoms with Gasteiger partial charge in [-0.15, -0.1) is 0 Å². The van der Waals surface area contributed by atoms with E-state index in [2.05, 4.69) is 10.3 Å². The molecule has 1 heterocycles. The molecule has 0 fully saturated rings. The van der Waals surface area contributed by atoms with Crippen LogP contribution in [0.4, 0.5) is 0 Å². The van der Waals surface area contributed by atoms with Gasteiger partial charge in [0.15, 0.2) is 0 Å². The van der Waals surface area contributed by atoms with Crippen LogP contribution in [0.1, 0.15) is 23.7 Å². The van der Waals surface area contributed by atoms with Gasteiger partial charge >= 0.3 is 0 Å². The molecular formula is C20H22N2O2. The van der Waals surface area contributed by atoms with Crippen molar-refractivity contribution >= 4 is 0 Å². The highest BCUT2D eigenvalue weighted by molar-refractivity contribution is 5.53. The molecule has 1 atom stereocenters. The highest BCUT2D eigenvalue weighted by Crippen LogP contribution is 2.20. The molecule has 0 radical (unpaired) electrons. The van der Waals surface area contributed by atoms with Crippen molar-refractivity contribution < 1.29 is 9.52 Å². The first-order valence-electron chi connectivity index (χ1n) is 8.05. The average molecular weight is 322 g/mol. The summed E-state index contributed by atoms with van der Waals surface area (Å²) in [5, 5.41) is 13.8. The molecule has 0 bridgehead atoms. The lowest BCUT2D eigenvalue weighted by atomic mass is 9.96. The van der Waals surface area contributed by atoms with Crippen LogP contribution in [0.5, 0.6) is 0 Å². The van der Waals surface area contributed by atoms with E-state index in [-0.39, 0.29) is 0 Å². The molecule has 24 heavy (non-hydrogen) atoms. The largest absolute Gasteiger partial charge is 0.444 e. The molecule has 4 nitrogen and oxygen atoms in total. The molecule has 124 valence electrons. The lowest BCUT2D eigenvalue weighted by Crippen LogP contribution is -2.35. The Morgan fingerprint density at radius 1 is 1.08 bits per heavy atom. The second kappa shape index (κ2) is 6.99. The average Bonchev–Trinajstić information content (AvgIpc) is 3.05. The number of hydrogen-bond donors (Lipinski definition) is 2. The summed E-state index contributed by atoms with van der Waals surface area (Å²) in [4.78, 5) is 4.49. The van der Waals surface area contributed by atoms with E-state index in [0.29, 0.717) is 19.0 Å². The van der Waals surface area contributed by atoms with E-state index in [1.165, 1.54) is 5.56 Å². The minimum absolute atomic E-state index is 0.434. The van der Waals surface area contributed by atoms with Crippen molar-refractivity contribution in [2.45, 2.75) is 26.0 Å². The third-order valence-corrected chi connectivity index (χ3v) is 4.02. The lowest BCUT2D eigenvalue weighted by Gasteiger charge is -2.24. The van der Waals surface area contributed by atoms with Crippen molar-refractivity contribution in [3.8, 4) is 11.5 Å². The summed E-state index contributed by atoms with van der Waals surface area (Å²) in [5.41, 5.74) is 2.94. The Morgan fingerprint density at radius 2 is 1.79 bits per heavy atom. The van der Waals surface area contributed by atoms with Gasteiger partial charge in [-0.3, -0.25) is 0 Å². The first kappa shape index (κ1) is 16.4. The minimum Gasteiger partial charge on any atom is -0.444 e. The van der Waals surface area contributed by atoms with Crippen molar-refractivity contribution in [1.29, 1.82) is 0 Å². The molecular weight excluding hydrogens is 300 g/mol. The summed E-state index contributed by atoms with van der Waals surface area (Å²) in [6.45, 7) is 4.82. The van der Waals surface area contributed by atoms with Gasteiger partial charge in [-0.05, 0) is 31.5 Å². The zero-order valence-corrected chi connectivity index (χ0v) is 14.0. The number of nitrogens with zero attached hydrogens (tertiary/aromatic N) is 1. The van der Waals surface area contributed by atoms with E-state index in [0.717, 1.165) is 16.8 Å². The highest BCUT2D eigenvalue weighted by Gasteiger charge is 2.22. The monoisotopic (exact) mass is 322 g/mol. The summed E-state index contributed by atoms with van der Waals surface area (Å²) in [6, 6.07) is 17.7. The highest BCUT2D eigenvalue weighted by atomic mass is 16.3. The van der Waals surface area contributed by atoms with Crippen LogP contribution >= 0.6 is 0 Å². The van der Waals surface area contributed by atoms with Gasteiger partial charge in [-0.1, -0.05) is 48.0 Å².